The van der Waals surface area contributed by atoms with E-state index in [-0.39, 0.29) is 11.5 Å². The first-order valence-electron chi connectivity index (χ1n) is 4.03. The minimum Gasteiger partial charge on any atom is -0.466 e. The fraction of sp³-hybridized carbons (Fsp3) is 0.667. The molecule has 1 N–H and O–H groups in total. The number of nitrogens with one attached hydrogen (secondary N) is 1. The molecule has 0 aromatic carbocycles. The van der Waals surface area contributed by atoms with Gasteiger partial charge in [-0.2, -0.15) is 0 Å². The first-order valence-corrected chi connectivity index (χ1v) is 4.03. The smallest absolute Gasteiger partial charge is 0.331 e. The van der Waals surface area contributed by atoms with Gasteiger partial charge in [-0.05, 0) is 13.8 Å². The maximum atomic E-state index is 10.7. The van der Waals surface area contributed by atoms with Gasteiger partial charge in [0.05, 0.1) is 19.3 Å². The van der Waals surface area contributed by atoms with Crippen LogP contribution in [0, 0.1) is 0 Å². The average molecular weight is 187 g/mol. The van der Waals surface area contributed by atoms with Crippen LogP contribution in [0.2, 0.25) is 0 Å². The highest BCUT2D eigenvalue weighted by molar-refractivity contribution is 5.81. The van der Waals surface area contributed by atoms with Crippen molar-refractivity contribution in [2.75, 3.05) is 20.8 Å². The maximum absolute atomic E-state index is 10.7. The fourth-order valence-electron chi connectivity index (χ4n) is 0.806. The van der Waals surface area contributed by atoms with Crippen LogP contribution >= 0.6 is 0 Å². The zero-order valence-electron chi connectivity index (χ0n) is 8.59. The van der Waals surface area contributed by atoms with Gasteiger partial charge in [0.1, 0.15) is 0 Å². The number of hydrogen-bond acceptors (Lipinski definition) is 4. The number of ether oxygens (including phenoxy) is 2. The van der Waals surface area contributed by atoms with E-state index in [9.17, 15) is 4.79 Å². The largest absolute Gasteiger partial charge is 0.466 e. The number of esters is 1. The average Bonchev–Trinajstić information content (AvgIpc) is 2.03. The Bertz CT molecular complexity index is 187. The van der Waals surface area contributed by atoms with Gasteiger partial charge in [-0.15, -0.1) is 0 Å². The lowest BCUT2D eigenvalue weighted by atomic mass is 10.1. The molecular formula is C9H17NO3. The normalized spacial score (nSPS) is 11.7. The number of carbonyl (C=O) groups is 1. The van der Waals surface area contributed by atoms with E-state index in [0.29, 0.717) is 6.61 Å². The van der Waals surface area contributed by atoms with Crippen molar-refractivity contribution in [2.45, 2.75) is 19.4 Å². The van der Waals surface area contributed by atoms with Crippen molar-refractivity contribution in [3.05, 3.63) is 12.3 Å². The summed E-state index contributed by atoms with van der Waals surface area (Å²) in [4.78, 5) is 10.7. The fourth-order valence-corrected chi connectivity index (χ4v) is 0.806. The summed E-state index contributed by atoms with van der Waals surface area (Å²) in [5, 5.41) is 3.02. The van der Waals surface area contributed by atoms with Crippen LogP contribution in [-0.2, 0) is 14.3 Å². The summed E-state index contributed by atoms with van der Waals surface area (Å²) in [5.74, 6) is -0.374. The topological polar surface area (TPSA) is 47.6 Å². The zero-order valence-corrected chi connectivity index (χ0v) is 8.59. The Hall–Kier alpha value is -1.03. The van der Waals surface area contributed by atoms with Crippen molar-refractivity contribution in [1.29, 1.82) is 0 Å². The zero-order chi connectivity index (χ0) is 10.3. The summed E-state index contributed by atoms with van der Waals surface area (Å²) in [6.07, 6.45) is 2.89. The second-order valence-corrected chi connectivity index (χ2v) is 3.32. The minimum atomic E-state index is -0.374. The van der Waals surface area contributed by atoms with Crippen molar-refractivity contribution >= 4 is 5.97 Å². The molecule has 0 saturated carbocycles. The van der Waals surface area contributed by atoms with Crippen LogP contribution in [0.15, 0.2) is 12.3 Å². The Labute approximate surface area is 78.9 Å². The maximum Gasteiger partial charge on any atom is 0.331 e. The lowest BCUT2D eigenvalue weighted by Gasteiger charge is -2.23. The Morgan fingerprint density at radius 3 is 2.54 bits per heavy atom. The van der Waals surface area contributed by atoms with E-state index in [1.165, 1.54) is 13.2 Å². The van der Waals surface area contributed by atoms with Gasteiger partial charge in [0.25, 0.3) is 0 Å². The monoisotopic (exact) mass is 187 g/mol. The lowest BCUT2D eigenvalue weighted by molar-refractivity contribution is -0.134. The van der Waals surface area contributed by atoms with Gasteiger partial charge in [-0.25, -0.2) is 4.79 Å². The van der Waals surface area contributed by atoms with Gasteiger partial charge in [-0.1, -0.05) is 0 Å². The van der Waals surface area contributed by atoms with Crippen LogP contribution < -0.4 is 5.32 Å². The molecule has 0 bridgehead atoms. The molecule has 13 heavy (non-hydrogen) atoms. The summed E-state index contributed by atoms with van der Waals surface area (Å²) < 4.78 is 9.41. The van der Waals surface area contributed by atoms with E-state index in [4.69, 9.17) is 4.74 Å². The highest BCUT2D eigenvalue weighted by Gasteiger charge is 2.14. The lowest BCUT2D eigenvalue weighted by Crippen LogP contribution is -2.40. The van der Waals surface area contributed by atoms with Crippen LogP contribution in [0.5, 0.6) is 0 Å². The minimum absolute atomic E-state index is 0.181. The molecule has 0 aromatic heterocycles. The second kappa shape index (κ2) is 5.59. The van der Waals surface area contributed by atoms with E-state index >= 15 is 0 Å². The van der Waals surface area contributed by atoms with Gasteiger partial charge in [0.15, 0.2) is 0 Å². The van der Waals surface area contributed by atoms with Crippen LogP contribution in [0.4, 0.5) is 0 Å². The molecule has 4 nitrogen and oxygen atoms in total. The molecule has 0 rings (SSSR count). The predicted octanol–water partition coefficient (Wildman–Crippen LogP) is 0.688. The van der Waals surface area contributed by atoms with Gasteiger partial charge < -0.3 is 14.8 Å². The highest BCUT2D eigenvalue weighted by Crippen LogP contribution is 2.01. The summed E-state index contributed by atoms with van der Waals surface area (Å²) in [7, 11) is 2.97. The summed E-state index contributed by atoms with van der Waals surface area (Å²) in [5.41, 5.74) is -0.181. The van der Waals surface area contributed by atoms with Crippen molar-refractivity contribution < 1.29 is 14.3 Å². The molecule has 0 unspecified atom stereocenters. The van der Waals surface area contributed by atoms with Crippen molar-refractivity contribution in [3.63, 3.8) is 0 Å². The van der Waals surface area contributed by atoms with Gasteiger partial charge in [0, 0.05) is 19.4 Å². The first kappa shape index (κ1) is 12.0. The number of hydrogen-bond donors (Lipinski definition) is 1. The molecule has 0 aromatic rings. The molecular weight excluding hydrogens is 170 g/mol. The van der Waals surface area contributed by atoms with Crippen molar-refractivity contribution in [2.24, 2.45) is 0 Å². The molecule has 0 radical (unpaired) electrons. The quantitative estimate of drug-likeness (QED) is 0.508. The summed E-state index contributed by atoms with van der Waals surface area (Å²) in [6.45, 7) is 4.51. The third kappa shape index (κ3) is 6.16. The molecule has 0 fully saturated rings. The van der Waals surface area contributed by atoms with Gasteiger partial charge >= 0.3 is 5.97 Å². The molecule has 4 heteroatoms. The van der Waals surface area contributed by atoms with Gasteiger partial charge in [0.2, 0.25) is 0 Å². The Morgan fingerprint density at radius 2 is 2.08 bits per heavy atom. The number of methoxy groups -OCH3 is 2. The second-order valence-electron chi connectivity index (χ2n) is 3.32. The van der Waals surface area contributed by atoms with Crippen LogP contribution in [0.25, 0.3) is 0 Å². The number of carbonyl (C=O) groups excluding carboxylic acids is 1. The van der Waals surface area contributed by atoms with E-state index < -0.39 is 0 Å². The van der Waals surface area contributed by atoms with Crippen LogP contribution in [0.3, 0.4) is 0 Å². The van der Waals surface area contributed by atoms with Crippen LogP contribution in [0.1, 0.15) is 13.8 Å². The number of rotatable bonds is 5. The Balaban J connectivity index is 3.86. The van der Waals surface area contributed by atoms with Crippen molar-refractivity contribution in [1.82, 2.24) is 5.32 Å². The summed E-state index contributed by atoms with van der Waals surface area (Å²) in [6, 6.07) is 0. The van der Waals surface area contributed by atoms with Crippen molar-refractivity contribution in [3.8, 4) is 0 Å². The molecule has 0 aliphatic carbocycles. The standard InChI is InChI=1S/C9H17NO3/c1-9(2,7-12-3)10-6-5-8(11)13-4/h5-6,10H,7H2,1-4H3/b6-5+. The highest BCUT2D eigenvalue weighted by atomic mass is 16.5. The third-order valence-electron chi connectivity index (χ3n) is 1.40. The molecule has 0 saturated heterocycles. The Kier molecular flexibility index (Phi) is 5.14. The molecule has 0 atom stereocenters. The summed E-state index contributed by atoms with van der Waals surface area (Å²) >= 11 is 0. The molecule has 0 amide bonds. The predicted molar refractivity (Wildman–Crippen MR) is 50.2 cm³/mol. The van der Waals surface area contributed by atoms with E-state index in [1.807, 2.05) is 13.8 Å². The Morgan fingerprint density at radius 1 is 1.46 bits per heavy atom. The van der Waals surface area contributed by atoms with Gasteiger partial charge in [-0.3, -0.25) is 0 Å². The molecule has 76 valence electrons. The molecule has 0 heterocycles. The van der Waals surface area contributed by atoms with Crippen LogP contribution in [-0.4, -0.2) is 32.3 Å². The SMILES string of the molecule is COCC(C)(C)N/C=C/C(=O)OC. The molecule has 0 aliphatic rings. The van der Waals surface area contributed by atoms with E-state index in [1.54, 1.807) is 13.3 Å². The first-order chi connectivity index (χ1) is 6.02. The molecule has 0 aliphatic heterocycles. The molecule has 0 spiro atoms. The van der Waals surface area contributed by atoms with E-state index in [0.717, 1.165) is 0 Å². The van der Waals surface area contributed by atoms with E-state index in [2.05, 4.69) is 10.1 Å². The third-order valence-corrected chi connectivity index (χ3v) is 1.40.